The zero-order valence-corrected chi connectivity index (χ0v) is 18.2. The van der Waals surface area contributed by atoms with E-state index in [0.29, 0.717) is 22.0 Å². The van der Waals surface area contributed by atoms with E-state index in [-0.39, 0.29) is 11.3 Å². The number of nitrogens with one attached hydrogen (secondary N) is 1. The molecule has 2 amide bonds. The van der Waals surface area contributed by atoms with Crippen molar-refractivity contribution in [2.45, 2.75) is 13.8 Å². The van der Waals surface area contributed by atoms with Crippen LogP contribution in [-0.4, -0.2) is 18.9 Å². The van der Waals surface area contributed by atoms with Crippen LogP contribution in [-0.2, 0) is 9.59 Å². The van der Waals surface area contributed by atoms with E-state index in [9.17, 15) is 9.59 Å². The highest BCUT2D eigenvalue weighted by Gasteiger charge is 2.41. The molecule has 0 aliphatic carbocycles. The third kappa shape index (κ3) is 3.80. The van der Waals surface area contributed by atoms with Crippen LogP contribution in [0.3, 0.4) is 0 Å². The Labute approximate surface area is 185 Å². The van der Waals surface area contributed by atoms with Crippen molar-refractivity contribution in [2.24, 2.45) is 0 Å². The van der Waals surface area contributed by atoms with Crippen LogP contribution in [0.25, 0.3) is 5.57 Å². The molecule has 31 heavy (non-hydrogen) atoms. The van der Waals surface area contributed by atoms with Crippen LogP contribution in [0.15, 0.2) is 72.4 Å². The standard InChI is InChI=1S/C25H21ClN2O3/c1-15-8-13-20(16(2)14-15)27-23-22(19-6-4-5-7-21(19)31-3)24(29)28(25(23)30)18-11-9-17(26)10-12-18/h4-14,27H,1-3H3. The fourth-order valence-corrected chi connectivity index (χ4v) is 3.79. The Hall–Kier alpha value is -3.57. The molecule has 1 heterocycles. The Balaban J connectivity index is 1.87. The molecule has 5 nitrogen and oxygen atoms in total. The van der Waals surface area contributed by atoms with Gasteiger partial charge in [0, 0.05) is 16.3 Å². The minimum atomic E-state index is -0.437. The van der Waals surface area contributed by atoms with Crippen molar-refractivity contribution in [1.29, 1.82) is 0 Å². The normalized spacial score (nSPS) is 13.7. The number of imide groups is 1. The number of rotatable bonds is 5. The summed E-state index contributed by atoms with van der Waals surface area (Å²) in [7, 11) is 1.54. The SMILES string of the molecule is COc1ccccc1C1=C(Nc2ccc(C)cc2C)C(=O)N(c2ccc(Cl)cc2)C1=O. The number of methoxy groups -OCH3 is 1. The molecule has 0 spiro atoms. The van der Waals surface area contributed by atoms with Crippen molar-refractivity contribution in [3.8, 4) is 5.75 Å². The molecule has 0 fully saturated rings. The van der Waals surface area contributed by atoms with Crippen LogP contribution >= 0.6 is 11.6 Å². The van der Waals surface area contributed by atoms with Crippen molar-refractivity contribution in [3.63, 3.8) is 0 Å². The summed E-state index contributed by atoms with van der Waals surface area (Å²) in [5.74, 6) is -0.353. The maximum absolute atomic E-state index is 13.5. The number of anilines is 2. The van der Waals surface area contributed by atoms with Gasteiger partial charge in [-0.2, -0.15) is 0 Å². The van der Waals surface area contributed by atoms with E-state index >= 15 is 0 Å². The lowest BCUT2D eigenvalue weighted by atomic mass is 10.0. The average molecular weight is 433 g/mol. The Bertz CT molecular complexity index is 1220. The number of benzene rings is 3. The molecule has 0 saturated carbocycles. The van der Waals surface area contributed by atoms with Crippen molar-refractivity contribution in [3.05, 3.63) is 94.1 Å². The van der Waals surface area contributed by atoms with Crippen LogP contribution in [0, 0.1) is 13.8 Å². The van der Waals surface area contributed by atoms with Gasteiger partial charge in [0.2, 0.25) is 0 Å². The van der Waals surface area contributed by atoms with Gasteiger partial charge in [-0.3, -0.25) is 9.59 Å². The third-order valence-corrected chi connectivity index (χ3v) is 5.44. The van der Waals surface area contributed by atoms with Crippen LogP contribution in [0.1, 0.15) is 16.7 Å². The Morgan fingerprint density at radius 1 is 0.903 bits per heavy atom. The van der Waals surface area contributed by atoms with Gasteiger partial charge in [-0.25, -0.2) is 4.90 Å². The van der Waals surface area contributed by atoms with E-state index in [1.54, 1.807) is 36.4 Å². The molecule has 156 valence electrons. The highest BCUT2D eigenvalue weighted by atomic mass is 35.5. The second-order valence-corrected chi connectivity index (χ2v) is 7.75. The van der Waals surface area contributed by atoms with Crippen LogP contribution in [0.4, 0.5) is 11.4 Å². The van der Waals surface area contributed by atoms with Crippen molar-refractivity contribution in [1.82, 2.24) is 0 Å². The molecule has 0 unspecified atom stereocenters. The van der Waals surface area contributed by atoms with Crippen molar-refractivity contribution in [2.75, 3.05) is 17.3 Å². The van der Waals surface area contributed by atoms with Crippen LogP contribution < -0.4 is 15.0 Å². The zero-order valence-electron chi connectivity index (χ0n) is 17.4. The number of ether oxygens (including phenoxy) is 1. The molecule has 1 N–H and O–H groups in total. The maximum atomic E-state index is 13.5. The van der Waals surface area contributed by atoms with Gasteiger partial charge >= 0.3 is 0 Å². The average Bonchev–Trinajstić information content (AvgIpc) is 3.00. The van der Waals surface area contributed by atoms with Crippen LogP contribution in [0.2, 0.25) is 5.02 Å². The number of nitrogens with zero attached hydrogens (tertiary/aromatic N) is 1. The summed E-state index contributed by atoms with van der Waals surface area (Å²) in [4.78, 5) is 28.2. The largest absolute Gasteiger partial charge is 0.496 e. The molecule has 1 aliphatic heterocycles. The quantitative estimate of drug-likeness (QED) is 0.551. The number of hydrogen-bond donors (Lipinski definition) is 1. The first-order valence-corrected chi connectivity index (χ1v) is 10.1. The molecular formula is C25H21ClN2O3. The summed E-state index contributed by atoms with van der Waals surface area (Å²) in [5, 5.41) is 3.74. The molecule has 0 bridgehead atoms. The first-order chi connectivity index (χ1) is 14.9. The van der Waals surface area contributed by atoms with Crippen molar-refractivity contribution >= 4 is 40.4 Å². The number of hydrogen-bond acceptors (Lipinski definition) is 4. The highest BCUT2D eigenvalue weighted by molar-refractivity contribution is 6.46. The van der Waals surface area contributed by atoms with E-state index in [1.807, 2.05) is 44.2 Å². The molecule has 1 aliphatic rings. The molecule has 6 heteroatoms. The Morgan fingerprint density at radius 3 is 2.29 bits per heavy atom. The molecule has 0 aromatic heterocycles. The molecular weight excluding hydrogens is 412 g/mol. The summed E-state index contributed by atoms with van der Waals surface area (Å²) in [5.41, 5.74) is 4.30. The van der Waals surface area contributed by atoms with E-state index in [0.717, 1.165) is 21.7 Å². The summed E-state index contributed by atoms with van der Waals surface area (Å²) in [6.07, 6.45) is 0. The van der Waals surface area contributed by atoms with Crippen LogP contribution in [0.5, 0.6) is 5.75 Å². The number of aryl methyl sites for hydroxylation is 2. The topological polar surface area (TPSA) is 58.6 Å². The smallest absolute Gasteiger partial charge is 0.282 e. The van der Waals surface area contributed by atoms with Gasteiger partial charge < -0.3 is 10.1 Å². The fourth-order valence-electron chi connectivity index (χ4n) is 3.66. The van der Waals surface area contributed by atoms with E-state index in [2.05, 4.69) is 5.32 Å². The fraction of sp³-hybridized carbons (Fsp3) is 0.120. The zero-order chi connectivity index (χ0) is 22.1. The highest BCUT2D eigenvalue weighted by Crippen LogP contribution is 2.37. The number of carbonyl (C=O) groups is 2. The van der Waals surface area contributed by atoms with Gasteiger partial charge in [-0.05, 0) is 55.8 Å². The van der Waals surface area contributed by atoms with E-state index in [4.69, 9.17) is 16.3 Å². The molecule has 4 rings (SSSR count). The summed E-state index contributed by atoms with van der Waals surface area (Å²) in [6, 6.07) is 19.6. The molecule has 3 aromatic carbocycles. The molecule has 3 aromatic rings. The molecule has 0 saturated heterocycles. The van der Waals surface area contributed by atoms with Gasteiger partial charge in [-0.1, -0.05) is 47.5 Å². The monoisotopic (exact) mass is 432 g/mol. The van der Waals surface area contributed by atoms with Gasteiger partial charge in [0.15, 0.2) is 0 Å². The predicted molar refractivity (Wildman–Crippen MR) is 123 cm³/mol. The van der Waals surface area contributed by atoms with E-state index in [1.165, 1.54) is 7.11 Å². The lowest BCUT2D eigenvalue weighted by molar-refractivity contribution is -0.120. The summed E-state index contributed by atoms with van der Waals surface area (Å²) >= 11 is 5.99. The molecule has 0 radical (unpaired) electrons. The third-order valence-electron chi connectivity index (χ3n) is 5.19. The Kier molecular flexibility index (Phi) is 5.53. The second-order valence-electron chi connectivity index (χ2n) is 7.32. The number of para-hydroxylation sites is 1. The number of amides is 2. The lowest BCUT2D eigenvalue weighted by Crippen LogP contribution is -2.32. The summed E-state index contributed by atoms with van der Waals surface area (Å²) < 4.78 is 5.47. The summed E-state index contributed by atoms with van der Waals surface area (Å²) in [6.45, 7) is 3.96. The predicted octanol–water partition coefficient (Wildman–Crippen LogP) is 5.36. The van der Waals surface area contributed by atoms with Gasteiger partial charge in [0.25, 0.3) is 11.8 Å². The first kappa shape index (κ1) is 20.7. The van der Waals surface area contributed by atoms with Gasteiger partial charge in [-0.15, -0.1) is 0 Å². The number of halogens is 1. The minimum Gasteiger partial charge on any atom is -0.496 e. The lowest BCUT2D eigenvalue weighted by Gasteiger charge is -2.16. The van der Waals surface area contributed by atoms with Crippen molar-refractivity contribution < 1.29 is 14.3 Å². The number of carbonyl (C=O) groups excluding carboxylic acids is 2. The Morgan fingerprint density at radius 2 is 1.61 bits per heavy atom. The van der Waals surface area contributed by atoms with E-state index < -0.39 is 11.8 Å². The minimum absolute atomic E-state index is 0.205. The maximum Gasteiger partial charge on any atom is 0.282 e. The van der Waals surface area contributed by atoms with Gasteiger partial charge in [0.05, 0.1) is 18.4 Å². The molecule has 0 atom stereocenters. The van der Waals surface area contributed by atoms with Gasteiger partial charge in [0.1, 0.15) is 11.4 Å². The second kappa shape index (κ2) is 8.28. The first-order valence-electron chi connectivity index (χ1n) is 9.77.